The predicted molar refractivity (Wildman–Crippen MR) is 81.0 cm³/mol. The first-order valence-corrected chi connectivity index (χ1v) is 6.89. The number of benzene rings is 1. The Balaban J connectivity index is 1.92. The number of nitrogens with one attached hydrogen (secondary N) is 1. The number of aromatic nitrogens is 1. The van der Waals surface area contributed by atoms with E-state index in [1.165, 1.54) is 0 Å². The van der Waals surface area contributed by atoms with Gasteiger partial charge in [0.05, 0.1) is 0 Å². The molecule has 1 heterocycles. The number of ether oxygens (including phenoxy) is 1. The molecule has 0 unspecified atom stereocenters. The summed E-state index contributed by atoms with van der Waals surface area (Å²) in [4.78, 5) is 16.0. The monoisotopic (exact) mass is 285 g/mol. The van der Waals surface area contributed by atoms with Crippen LogP contribution in [0.1, 0.15) is 22.3 Å². The Morgan fingerprint density at radius 3 is 2.95 bits per heavy atom. The van der Waals surface area contributed by atoms with Crippen molar-refractivity contribution in [2.75, 3.05) is 13.1 Å². The van der Waals surface area contributed by atoms with Gasteiger partial charge in [-0.3, -0.25) is 9.78 Å². The molecule has 110 valence electrons. The fourth-order valence-corrected chi connectivity index (χ4v) is 1.78. The predicted octanol–water partition coefficient (Wildman–Crippen LogP) is 1.74. The SMILES string of the molecule is NCCCNC(=O)c1cccc(OCc2cccnc2)c1. The summed E-state index contributed by atoms with van der Waals surface area (Å²) in [5.41, 5.74) is 6.96. The van der Waals surface area contributed by atoms with E-state index in [2.05, 4.69) is 10.3 Å². The Morgan fingerprint density at radius 2 is 2.19 bits per heavy atom. The van der Waals surface area contributed by atoms with Gasteiger partial charge in [0.1, 0.15) is 12.4 Å². The van der Waals surface area contributed by atoms with Crippen LogP contribution in [0, 0.1) is 0 Å². The standard InChI is InChI=1S/C16H19N3O2/c17-7-3-9-19-16(20)14-5-1-6-15(10-14)21-12-13-4-2-8-18-11-13/h1-2,4-6,8,10-11H,3,7,9,12,17H2,(H,19,20). The van der Waals surface area contributed by atoms with Crippen molar-refractivity contribution in [1.82, 2.24) is 10.3 Å². The maximum atomic E-state index is 11.9. The first kappa shape index (κ1) is 15.0. The van der Waals surface area contributed by atoms with Crippen molar-refractivity contribution in [3.63, 3.8) is 0 Å². The molecular weight excluding hydrogens is 266 g/mol. The van der Waals surface area contributed by atoms with Gasteiger partial charge in [-0.15, -0.1) is 0 Å². The van der Waals surface area contributed by atoms with Crippen LogP contribution < -0.4 is 15.8 Å². The number of amides is 1. The second-order valence-electron chi connectivity index (χ2n) is 4.58. The number of nitrogens with two attached hydrogens (primary N) is 1. The number of hydrogen-bond donors (Lipinski definition) is 2. The van der Waals surface area contributed by atoms with Gasteiger partial charge >= 0.3 is 0 Å². The Bertz CT molecular complexity index is 573. The van der Waals surface area contributed by atoms with Crippen molar-refractivity contribution in [3.8, 4) is 5.75 Å². The van der Waals surface area contributed by atoms with Crippen LogP contribution in [0.15, 0.2) is 48.8 Å². The minimum Gasteiger partial charge on any atom is -0.489 e. The maximum absolute atomic E-state index is 11.9. The first-order chi connectivity index (χ1) is 10.3. The number of pyridine rings is 1. The Morgan fingerprint density at radius 1 is 1.29 bits per heavy atom. The molecular formula is C16H19N3O2. The topological polar surface area (TPSA) is 77.2 Å². The van der Waals surface area contributed by atoms with Gasteiger partial charge in [0.15, 0.2) is 0 Å². The van der Waals surface area contributed by atoms with Crippen LogP contribution in [0.5, 0.6) is 5.75 Å². The third kappa shape index (κ3) is 4.89. The van der Waals surface area contributed by atoms with Gasteiger partial charge < -0.3 is 15.8 Å². The highest BCUT2D eigenvalue weighted by Gasteiger charge is 2.06. The minimum absolute atomic E-state index is 0.115. The zero-order valence-corrected chi connectivity index (χ0v) is 11.8. The molecule has 0 bridgehead atoms. The summed E-state index contributed by atoms with van der Waals surface area (Å²) in [5, 5.41) is 2.82. The highest BCUT2D eigenvalue weighted by atomic mass is 16.5. The second kappa shape index (κ2) is 8.01. The molecule has 0 fully saturated rings. The third-order valence-corrected chi connectivity index (χ3v) is 2.89. The Labute approximate surface area is 124 Å². The highest BCUT2D eigenvalue weighted by Crippen LogP contribution is 2.15. The Hall–Kier alpha value is -2.40. The summed E-state index contributed by atoms with van der Waals surface area (Å²) >= 11 is 0. The van der Waals surface area contributed by atoms with E-state index in [-0.39, 0.29) is 5.91 Å². The van der Waals surface area contributed by atoms with Gasteiger partial charge in [0.25, 0.3) is 5.91 Å². The number of rotatable bonds is 7. The van der Waals surface area contributed by atoms with Crippen LogP contribution in [0.25, 0.3) is 0 Å². The molecule has 0 aliphatic carbocycles. The largest absolute Gasteiger partial charge is 0.489 e. The van der Waals surface area contributed by atoms with E-state index in [4.69, 9.17) is 10.5 Å². The molecule has 21 heavy (non-hydrogen) atoms. The minimum atomic E-state index is -0.115. The first-order valence-electron chi connectivity index (χ1n) is 6.89. The molecule has 2 aromatic rings. The average molecular weight is 285 g/mol. The van der Waals surface area contributed by atoms with Gasteiger partial charge in [-0.2, -0.15) is 0 Å². The van der Waals surface area contributed by atoms with Crippen molar-refractivity contribution in [3.05, 3.63) is 59.9 Å². The summed E-state index contributed by atoms with van der Waals surface area (Å²) in [6.07, 6.45) is 4.24. The molecule has 1 aromatic heterocycles. The van der Waals surface area contributed by atoms with Crippen LogP contribution in [0.3, 0.4) is 0 Å². The smallest absolute Gasteiger partial charge is 0.251 e. The summed E-state index contributed by atoms with van der Waals surface area (Å²) in [6, 6.07) is 10.9. The van der Waals surface area contributed by atoms with Crippen molar-refractivity contribution in [2.24, 2.45) is 5.73 Å². The van der Waals surface area contributed by atoms with E-state index in [1.54, 1.807) is 30.6 Å². The van der Waals surface area contributed by atoms with Gasteiger partial charge in [-0.05, 0) is 37.2 Å². The van der Waals surface area contributed by atoms with Crippen molar-refractivity contribution in [1.29, 1.82) is 0 Å². The van der Waals surface area contributed by atoms with Crippen molar-refractivity contribution in [2.45, 2.75) is 13.0 Å². The van der Waals surface area contributed by atoms with E-state index < -0.39 is 0 Å². The lowest BCUT2D eigenvalue weighted by Crippen LogP contribution is -2.25. The second-order valence-corrected chi connectivity index (χ2v) is 4.58. The molecule has 0 atom stereocenters. The van der Waals surface area contributed by atoms with Gasteiger partial charge in [-0.1, -0.05) is 12.1 Å². The molecule has 0 aliphatic rings. The zero-order chi connectivity index (χ0) is 14.9. The number of hydrogen-bond acceptors (Lipinski definition) is 4. The lowest BCUT2D eigenvalue weighted by molar-refractivity contribution is 0.0953. The molecule has 0 aliphatic heterocycles. The van der Waals surface area contributed by atoms with Crippen LogP contribution in [-0.4, -0.2) is 24.0 Å². The van der Waals surface area contributed by atoms with E-state index in [0.717, 1.165) is 12.0 Å². The molecule has 5 nitrogen and oxygen atoms in total. The normalized spacial score (nSPS) is 10.1. The molecule has 0 radical (unpaired) electrons. The van der Waals surface area contributed by atoms with E-state index >= 15 is 0 Å². The zero-order valence-electron chi connectivity index (χ0n) is 11.8. The van der Waals surface area contributed by atoms with E-state index in [1.807, 2.05) is 18.2 Å². The van der Waals surface area contributed by atoms with Crippen molar-refractivity contribution < 1.29 is 9.53 Å². The van der Waals surface area contributed by atoms with Gasteiger partial charge in [0, 0.05) is 30.1 Å². The summed E-state index contributed by atoms with van der Waals surface area (Å²) in [5.74, 6) is 0.542. The third-order valence-electron chi connectivity index (χ3n) is 2.89. The molecule has 3 N–H and O–H groups in total. The summed E-state index contributed by atoms with van der Waals surface area (Å²) in [6.45, 7) is 1.57. The lowest BCUT2D eigenvalue weighted by atomic mass is 10.2. The van der Waals surface area contributed by atoms with Crippen molar-refractivity contribution >= 4 is 5.91 Å². The van der Waals surface area contributed by atoms with Crippen LogP contribution in [0.2, 0.25) is 0 Å². The molecule has 1 amide bonds. The average Bonchev–Trinajstić information content (AvgIpc) is 2.54. The molecule has 0 saturated heterocycles. The summed E-state index contributed by atoms with van der Waals surface area (Å²) in [7, 11) is 0. The lowest BCUT2D eigenvalue weighted by Gasteiger charge is -2.08. The van der Waals surface area contributed by atoms with Gasteiger partial charge in [-0.25, -0.2) is 0 Å². The number of carbonyl (C=O) groups is 1. The van der Waals surface area contributed by atoms with E-state index in [0.29, 0.717) is 31.0 Å². The molecule has 5 heteroatoms. The van der Waals surface area contributed by atoms with Crippen LogP contribution in [0.4, 0.5) is 0 Å². The number of carbonyl (C=O) groups excluding carboxylic acids is 1. The quantitative estimate of drug-likeness (QED) is 0.760. The fourth-order valence-electron chi connectivity index (χ4n) is 1.78. The Kier molecular flexibility index (Phi) is 5.72. The fraction of sp³-hybridized carbons (Fsp3) is 0.250. The van der Waals surface area contributed by atoms with E-state index in [9.17, 15) is 4.79 Å². The molecule has 0 spiro atoms. The van der Waals surface area contributed by atoms with Crippen LogP contribution in [-0.2, 0) is 6.61 Å². The molecule has 0 saturated carbocycles. The number of nitrogens with zero attached hydrogens (tertiary/aromatic N) is 1. The molecule has 1 aromatic carbocycles. The van der Waals surface area contributed by atoms with Gasteiger partial charge in [0.2, 0.25) is 0 Å². The molecule has 2 rings (SSSR count). The maximum Gasteiger partial charge on any atom is 0.251 e. The highest BCUT2D eigenvalue weighted by molar-refractivity contribution is 5.94. The van der Waals surface area contributed by atoms with Crippen LogP contribution >= 0.6 is 0 Å². The summed E-state index contributed by atoms with van der Waals surface area (Å²) < 4.78 is 5.67.